The molecular formula is C15H14BrNO3. The molecule has 0 radical (unpaired) electrons. The Labute approximate surface area is 125 Å². The van der Waals surface area contributed by atoms with Gasteiger partial charge in [0.15, 0.2) is 5.75 Å². The number of esters is 1. The van der Waals surface area contributed by atoms with Crippen molar-refractivity contribution in [2.24, 2.45) is 0 Å². The van der Waals surface area contributed by atoms with Crippen LogP contribution in [0.5, 0.6) is 5.75 Å². The van der Waals surface area contributed by atoms with Crippen LogP contribution in [-0.2, 0) is 11.2 Å². The first kappa shape index (κ1) is 14.5. The van der Waals surface area contributed by atoms with E-state index < -0.39 is 5.97 Å². The quantitative estimate of drug-likeness (QED) is 0.687. The molecule has 0 saturated heterocycles. The molecule has 0 saturated carbocycles. The zero-order valence-electron chi connectivity index (χ0n) is 11.0. The van der Waals surface area contributed by atoms with Crippen LogP contribution in [0.15, 0.2) is 41.0 Å². The summed E-state index contributed by atoms with van der Waals surface area (Å²) in [5, 5.41) is 9.87. The fourth-order valence-electron chi connectivity index (χ4n) is 1.82. The Hall–Kier alpha value is -1.88. The number of aromatic nitrogens is 1. The minimum absolute atomic E-state index is 0.125. The van der Waals surface area contributed by atoms with Crippen molar-refractivity contribution in [3.8, 4) is 5.75 Å². The van der Waals surface area contributed by atoms with Crippen LogP contribution in [0.2, 0.25) is 0 Å². The molecule has 1 N–H and O–H groups in total. The maximum absolute atomic E-state index is 11.8. The van der Waals surface area contributed by atoms with Crippen LogP contribution >= 0.6 is 15.9 Å². The van der Waals surface area contributed by atoms with E-state index >= 15 is 0 Å². The maximum Gasteiger partial charge on any atom is 0.342 e. The van der Waals surface area contributed by atoms with Gasteiger partial charge in [0.05, 0.1) is 6.61 Å². The second-order valence-electron chi connectivity index (χ2n) is 4.18. The molecule has 104 valence electrons. The fourth-order valence-corrected chi connectivity index (χ4v) is 2.26. The summed E-state index contributed by atoms with van der Waals surface area (Å²) in [6.07, 6.45) is 0.576. The molecule has 0 bridgehead atoms. The maximum atomic E-state index is 11.8. The van der Waals surface area contributed by atoms with Gasteiger partial charge < -0.3 is 9.84 Å². The Morgan fingerprint density at radius 2 is 2.05 bits per heavy atom. The molecule has 1 aromatic carbocycles. The highest BCUT2D eigenvalue weighted by molar-refractivity contribution is 9.10. The number of hydrogen-bond acceptors (Lipinski definition) is 4. The van der Waals surface area contributed by atoms with Gasteiger partial charge in [0.25, 0.3) is 0 Å². The Kier molecular flexibility index (Phi) is 4.74. The molecular weight excluding hydrogens is 322 g/mol. The number of rotatable bonds is 4. The number of hydrogen-bond donors (Lipinski definition) is 1. The van der Waals surface area contributed by atoms with Gasteiger partial charge >= 0.3 is 5.97 Å². The van der Waals surface area contributed by atoms with E-state index in [-0.39, 0.29) is 22.5 Å². The van der Waals surface area contributed by atoms with Crippen molar-refractivity contribution in [3.63, 3.8) is 0 Å². The molecule has 2 aromatic rings. The molecule has 0 fully saturated rings. The molecule has 0 spiro atoms. The number of carbonyl (C=O) groups excluding carboxylic acids is 1. The molecule has 0 atom stereocenters. The Balaban J connectivity index is 2.33. The van der Waals surface area contributed by atoms with Crippen LogP contribution in [-0.4, -0.2) is 22.7 Å². The van der Waals surface area contributed by atoms with Gasteiger partial charge in [0.1, 0.15) is 10.2 Å². The van der Waals surface area contributed by atoms with Crippen molar-refractivity contribution in [3.05, 3.63) is 57.8 Å². The van der Waals surface area contributed by atoms with E-state index in [9.17, 15) is 9.90 Å². The number of halogens is 1. The summed E-state index contributed by atoms with van der Waals surface area (Å²) in [5.41, 5.74) is 1.89. The normalized spacial score (nSPS) is 10.3. The summed E-state index contributed by atoms with van der Waals surface area (Å²) >= 11 is 3.16. The Morgan fingerprint density at radius 1 is 1.35 bits per heavy atom. The van der Waals surface area contributed by atoms with Crippen molar-refractivity contribution in [1.82, 2.24) is 4.98 Å². The molecule has 4 nitrogen and oxygen atoms in total. The lowest BCUT2D eigenvalue weighted by Crippen LogP contribution is -2.07. The van der Waals surface area contributed by atoms with Crippen molar-refractivity contribution < 1.29 is 14.6 Å². The van der Waals surface area contributed by atoms with Gasteiger partial charge in [-0.15, -0.1) is 0 Å². The van der Waals surface area contributed by atoms with Crippen LogP contribution in [0, 0.1) is 0 Å². The summed E-state index contributed by atoms with van der Waals surface area (Å²) in [7, 11) is 0. The number of pyridine rings is 1. The highest BCUT2D eigenvalue weighted by atomic mass is 79.9. The van der Waals surface area contributed by atoms with Crippen LogP contribution < -0.4 is 0 Å². The van der Waals surface area contributed by atoms with Crippen LogP contribution in [0.25, 0.3) is 0 Å². The first-order valence-corrected chi connectivity index (χ1v) is 7.00. The third kappa shape index (κ3) is 3.36. The molecule has 1 heterocycles. The van der Waals surface area contributed by atoms with Gasteiger partial charge in [-0.05, 0) is 34.5 Å². The molecule has 5 heteroatoms. The van der Waals surface area contributed by atoms with E-state index in [1.807, 2.05) is 30.3 Å². The van der Waals surface area contributed by atoms with E-state index in [0.29, 0.717) is 12.1 Å². The third-order valence-corrected chi connectivity index (χ3v) is 3.28. The van der Waals surface area contributed by atoms with Gasteiger partial charge in [-0.3, -0.25) is 0 Å². The van der Waals surface area contributed by atoms with Gasteiger partial charge in [-0.1, -0.05) is 30.3 Å². The lowest BCUT2D eigenvalue weighted by Gasteiger charge is -2.08. The number of carbonyl (C=O) groups is 1. The van der Waals surface area contributed by atoms with Crippen molar-refractivity contribution in [2.45, 2.75) is 13.3 Å². The van der Waals surface area contributed by atoms with Crippen LogP contribution in [0.4, 0.5) is 0 Å². The fraction of sp³-hybridized carbons (Fsp3) is 0.200. The van der Waals surface area contributed by atoms with E-state index in [1.54, 1.807) is 13.0 Å². The first-order valence-electron chi connectivity index (χ1n) is 6.21. The van der Waals surface area contributed by atoms with Crippen molar-refractivity contribution >= 4 is 21.9 Å². The second-order valence-corrected chi connectivity index (χ2v) is 4.93. The average molecular weight is 336 g/mol. The predicted molar refractivity (Wildman–Crippen MR) is 78.8 cm³/mol. The Bertz CT molecular complexity index is 614. The number of aromatic hydroxyl groups is 1. The monoisotopic (exact) mass is 335 g/mol. The minimum Gasteiger partial charge on any atom is -0.504 e. The van der Waals surface area contributed by atoms with Crippen LogP contribution in [0.3, 0.4) is 0 Å². The lowest BCUT2D eigenvalue weighted by molar-refractivity contribution is 0.0522. The first-order chi connectivity index (χ1) is 9.61. The zero-order chi connectivity index (χ0) is 14.5. The van der Waals surface area contributed by atoms with Crippen LogP contribution in [0.1, 0.15) is 28.5 Å². The van der Waals surface area contributed by atoms with Gasteiger partial charge in [-0.2, -0.15) is 0 Å². The Morgan fingerprint density at radius 3 is 2.70 bits per heavy atom. The van der Waals surface area contributed by atoms with Crippen molar-refractivity contribution in [1.29, 1.82) is 0 Å². The predicted octanol–water partition coefficient (Wildman–Crippen LogP) is 3.32. The summed E-state index contributed by atoms with van der Waals surface area (Å²) in [4.78, 5) is 16.0. The van der Waals surface area contributed by atoms with Gasteiger partial charge in [-0.25, -0.2) is 9.78 Å². The van der Waals surface area contributed by atoms with Crippen molar-refractivity contribution in [2.75, 3.05) is 6.61 Å². The molecule has 0 aliphatic carbocycles. The summed E-state index contributed by atoms with van der Waals surface area (Å²) < 4.78 is 5.17. The zero-order valence-corrected chi connectivity index (χ0v) is 12.6. The largest absolute Gasteiger partial charge is 0.504 e. The van der Waals surface area contributed by atoms with Gasteiger partial charge in [0.2, 0.25) is 0 Å². The molecule has 1 aromatic heterocycles. The van der Waals surface area contributed by atoms with E-state index in [4.69, 9.17) is 4.74 Å². The standard InChI is InChI=1S/C15H14BrNO3/c1-2-20-15(19)12-9-11(17-14(16)13(12)18)8-10-6-4-3-5-7-10/h3-7,9,18H,2,8H2,1H3. The molecule has 20 heavy (non-hydrogen) atoms. The SMILES string of the molecule is CCOC(=O)c1cc(Cc2ccccc2)nc(Br)c1O. The number of nitrogens with zero attached hydrogens (tertiary/aromatic N) is 1. The average Bonchev–Trinajstić information content (AvgIpc) is 2.44. The third-order valence-electron chi connectivity index (χ3n) is 2.73. The summed E-state index contributed by atoms with van der Waals surface area (Å²) in [5.74, 6) is -0.748. The molecule has 2 rings (SSSR count). The van der Waals surface area contributed by atoms with E-state index in [0.717, 1.165) is 5.56 Å². The topological polar surface area (TPSA) is 59.4 Å². The highest BCUT2D eigenvalue weighted by Gasteiger charge is 2.17. The minimum atomic E-state index is -0.553. The van der Waals surface area contributed by atoms with Gasteiger partial charge in [0, 0.05) is 12.1 Å². The lowest BCUT2D eigenvalue weighted by atomic mass is 10.1. The highest BCUT2D eigenvalue weighted by Crippen LogP contribution is 2.28. The van der Waals surface area contributed by atoms with E-state index in [2.05, 4.69) is 20.9 Å². The molecule has 0 aliphatic rings. The number of ether oxygens (including phenoxy) is 1. The summed E-state index contributed by atoms with van der Waals surface area (Å²) in [6, 6.07) is 11.3. The summed E-state index contributed by atoms with van der Waals surface area (Å²) in [6.45, 7) is 1.97. The number of benzene rings is 1. The smallest absolute Gasteiger partial charge is 0.342 e. The molecule has 0 aliphatic heterocycles. The molecule has 0 unspecified atom stereocenters. The molecule has 0 amide bonds. The van der Waals surface area contributed by atoms with E-state index in [1.165, 1.54) is 0 Å². The second kappa shape index (κ2) is 6.52.